The quantitative estimate of drug-likeness (QED) is 0.544. The number of hydrogen-bond acceptors (Lipinski definition) is 6. The van der Waals surface area contributed by atoms with Crippen molar-refractivity contribution >= 4 is 17.5 Å². The van der Waals surface area contributed by atoms with Crippen LogP contribution in [0.15, 0.2) is 6.07 Å². The van der Waals surface area contributed by atoms with Crippen LogP contribution in [-0.4, -0.2) is 28.1 Å². The first kappa shape index (κ1) is 10.7. The topological polar surface area (TPSA) is 129 Å². The Morgan fingerprint density at radius 1 is 1.73 bits per heavy atom. The fourth-order valence-corrected chi connectivity index (χ4v) is 0.952. The summed E-state index contributed by atoms with van der Waals surface area (Å²) in [7, 11) is 1.18. The van der Waals surface area contributed by atoms with Crippen LogP contribution >= 0.6 is 0 Å². The largest absolute Gasteiger partial charge is 0.478 e. The number of ether oxygens (including phenoxy) is 1. The van der Waals surface area contributed by atoms with Gasteiger partial charge in [0, 0.05) is 6.07 Å². The number of carbonyl (C=O) groups is 1. The van der Waals surface area contributed by atoms with Gasteiger partial charge in [0.05, 0.1) is 12.0 Å². The minimum atomic E-state index is -1.38. The summed E-state index contributed by atoms with van der Waals surface area (Å²) >= 11 is 0. The van der Waals surface area contributed by atoms with E-state index < -0.39 is 22.1 Å². The van der Waals surface area contributed by atoms with Crippen molar-refractivity contribution in [1.82, 2.24) is 4.98 Å². The van der Waals surface area contributed by atoms with E-state index >= 15 is 0 Å². The molecule has 8 heteroatoms. The van der Waals surface area contributed by atoms with Crippen LogP contribution in [0.5, 0.6) is 5.88 Å². The number of rotatable bonds is 3. The molecule has 0 aromatic carbocycles. The molecule has 0 saturated carbocycles. The maximum absolute atomic E-state index is 10.6. The lowest BCUT2D eigenvalue weighted by molar-refractivity contribution is -0.386. The molecular weight excluding hydrogens is 206 g/mol. The molecule has 1 heterocycles. The van der Waals surface area contributed by atoms with Crippen molar-refractivity contribution < 1.29 is 19.6 Å². The lowest BCUT2D eigenvalue weighted by atomic mass is 10.2. The smallest absolute Gasteiger partial charge is 0.339 e. The normalized spacial score (nSPS) is 9.67. The van der Waals surface area contributed by atoms with Gasteiger partial charge in [0.1, 0.15) is 11.4 Å². The van der Waals surface area contributed by atoms with Gasteiger partial charge in [-0.05, 0) is 0 Å². The van der Waals surface area contributed by atoms with E-state index in [1.807, 2.05) is 0 Å². The van der Waals surface area contributed by atoms with E-state index in [2.05, 4.69) is 9.72 Å². The molecular formula is C7H7N3O5. The first-order chi connectivity index (χ1) is 6.97. The Kier molecular flexibility index (Phi) is 2.70. The zero-order chi connectivity index (χ0) is 11.6. The van der Waals surface area contributed by atoms with Gasteiger partial charge >= 0.3 is 11.7 Å². The second-order valence-corrected chi connectivity index (χ2v) is 2.51. The van der Waals surface area contributed by atoms with Crippen molar-refractivity contribution in [3.63, 3.8) is 0 Å². The second-order valence-electron chi connectivity index (χ2n) is 2.51. The highest BCUT2D eigenvalue weighted by atomic mass is 16.6. The number of hydrogen-bond donors (Lipinski definition) is 2. The Bertz CT molecular complexity index is 431. The molecule has 3 N–H and O–H groups in total. The fourth-order valence-electron chi connectivity index (χ4n) is 0.952. The van der Waals surface area contributed by atoms with E-state index in [0.717, 1.165) is 6.07 Å². The summed E-state index contributed by atoms with van der Waals surface area (Å²) in [4.78, 5) is 23.8. The van der Waals surface area contributed by atoms with Crippen LogP contribution in [0, 0.1) is 10.1 Å². The Labute approximate surface area is 83.4 Å². The number of methoxy groups -OCH3 is 1. The van der Waals surface area contributed by atoms with Crippen LogP contribution in [0.1, 0.15) is 10.4 Å². The molecule has 8 nitrogen and oxygen atoms in total. The standard InChI is InChI=1S/C7H7N3O5/c1-15-6-4(10(13)14)2-3(7(11)12)5(8)9-6/h2H,1H3,(H2,8,9)(H,11,12). The van der Waals surface area contributed by atoms with Crippen molar-refractivity contribution in [2.24, 2.45) is 0 Å². The number of nitrogens with zero attached hydrogens (tertiary/aromatic N) is 2. The van der Waals surface area contributed by atoms with Crippen LogP contribution < -0.4 is 10.5 Å². The molecule has 1 rings (SSSR count). The van der Waals surface area contributed by atoms with Gasteiger partial charge in [-0.3, -0.25) is 10.1 Å². The molecule has 0 fully saturated rings. The molecule has 0 aliphatic rings. The molecule has 0 atom stereocenters. The zero-order valence-corrected chi connectivity index (χ0v) is 7.63. The van der Waals surface area contributed by atoms with E-state index in [-0.39, 0.29) is 11.7 Å². The number of nitrogen functional groups attached to an aromatic ring is 1. The van der Waals surface area contributed by atoms with Crippen LogP contribution in [0.2, 0.25) is 0 Å². The van der Waals surface area contributed by atoms with Crippen LogP contribution in [0.4, 0.5) is 11.5 Å². The van der Waals surface area contributed by atoms with Gasteiger partial charge in [-0.25, -0.2) is 4.79 Å². The van der Waals surface area contributed by atoms with Gasteiger partial charge in [0.25, 0.3) is 5.88 Å². The monoisotopic (exact) mass is 213 g/mol. The second kappa shape index (κ2) is 3.78. The molecule has 80 valence electrons. The molecule has 15 heavy (non-hydrogen) atoms. The van der Waals surface area contributed by atoms with E-state index in [9.17, 15) is 14.9 Å². The maximum Gasteiger partial charge on any atom is 0.339 e. The molecule has 0 aliphatic heterocycles. The highest BCUT2D eigenvalue weighted by Gasteiger charge is 2.22. The number of nitrogens with two attached hydrogens (primary N) is 1. The number of carboxylic acids is 1. The van der Waals surface area contributed by atoms with Gasteiger partial charge in [-0.15, -0.1) is 0 Å². The highest BCUT2D eigenvalue weighted by Crippen LogP contribution is 2.27. The SMILES string of the molecule is COc1nc(N)c(C(=O)O)cc1[N+](=O)[O-]. The van der Waals surface area contributed by atoms with Gasteiger partial charge in [-0.1, -0.05) is 0 Å². The fraction of sp³-hybridized carbons (Fsp3) is 0.143. The predicted molar refractivity (Wildman–Crippen MR) is 48.8 cm³/mol. The average Bonchev–Trinajstić information content (AvgIpc) is 2.16. The van der Waals surface area contributed by atoms with Crippen molar-refractivity contribution in [1.29, 1.82) is 0 Å². The van der Waals surface area contributed by atoms with E-state index in [0.29, 0.717) is 0 Å². The zero-order valence-electron chi connectivity index (χ0n) is 7.63. The summed E-state index contributed by atoms with van der Waals surface area (Å²) in [6, 6.07) is 0.809. The Morgan fingerprint density at radius 2 is 2.33 bits per heavy atom. The molecule has 0 saturated heterocycles. The van der Waals surface area contributed by atoms with Gasteiger partial charge in [-0.2, -0.15) is 4.98 Å². The number of carboxylic acid groups (broad SMARTS) is 1. The predicted octanol–water partition coefficient (Wildman–Crippen LogP) is 0.279. The summed E-state index contributed by atoms with van der Waals surface area (Å²) in [5.41, 5.74) is 4.31. The summed E-state index contributed by atoms with van der Waals surface area (Å²) in [5, 5.41) is 19.2. The summed E-state index contributed by atoms with van der Waals surface area (Å²) in [6.07, 6.45) is 0. The summed E-state index contributed by atoms with van der Waals surface area (Å²) in [5.74, 6) is -2.03. The average molecular weight is 213 g/mol. The third kappa shape index (κ3) is 1.93. The Morgan fingerprint density at radius 3 is 2.73 bits per heavy atom. The maximum atomic E-state index is 10.6. The first-order valence-corrected chi connectivity index (χ1v) is 3.69. The lowest BCUT2D eigenvalue weighted by Gasteiger charge is -2.03. The number of pyridine rings is 1. The van der Waals surface area contributed by atoms with Crippen LogP contribution in [-0.2, 0) is 0 Å². The minimum absolute atomic E-state index is 0.317. The van der Waals surface area contributed by atoms with Crippen molar-refractivity contribution in [3.05, 3.63) is 21.7 Å². The van der Waals surface area contributed by atoms with Crippen molar-refractivity contribution in [2.45, 2.75) is 0 Å². The molecule has 1 aromatic heterocycles. The third-order valence-corrected chi connectivity index (χ3v) is 1.62. The molecule has 0 unspecified atom stereocenters. The molecule has 0 radical (unpaired) electrons. The Hall–Kier alpha value is -2.38. The molecule has 0 spiro atoms. The van der Waals surface area contributed by atoms with E-state index in [1.165, 1.54) is 7.11 Å². The number of aromatic carboxylic acids is 1. The van der Waals surface area contributed by atoms with Gasteiger partial charge in [0.2, 0.25) is 0 Å². The molecule has 1 aromatic rings. The van der Waals surface area contributed by atoms with Crippen LogP contribution in [0.25, 0.3) is 0 Å². The van der Waals surface area contributed by atoms with Gasteiger partial charge < -0.3 is 15.6 Å². The number of anilines is 1. The number of aromatic nitrogens is 1. The first-order valence-electron chi connectivity index (χ1n) is 3.69. The van der Waals surface area contributed by atoms with E-state index in [1.54, 1.807) is 0 Å². The van der Waals surface area contributed by atoms with Crippen molar-refractivity contribution in [3.8, 4) is 5.88 Å². The van der Waals surface area contributed by atoms with Gasteiger partial charge in [0.15, 0.2) is 0 Å². The minimum Gasteiger partial charge on any atom is -0.478 e. The highest BCUT2D eigenvalue weighted by molar-refractivity contribution is 5.93. The Balaban J connectivity index is 3.43. The van der Waals surface area contributed by atoms with E-state index in [4.69, 9.17) is 10.8 Å². The van der Waals surface area contributed by atoms with Crippen LogP contribution in [0.3, 0.4) is 0 Å². The summed E-state index contributed by atoms with van der Waals surface area (Å²) < 4.78 is 4.60. The van der Waals surface area contributed by atoms with Crippen molar-refractivity contribution in [2.75, 3.05) is 12.8 Å². The third-order valence-electron chi connectivity index (χ3n) is 1.62. The summed E-state index contributed by atoms with van der Waals surface area (Å²) in [6.45, 7) is 0. The number of nitro groups is 1. The molecule has 0 amide bonds. The lowest BCUT2D eigenvalue weighted by Crippen LogP contribution is -2.07. The molecule has 0 aliphatic carbocycles. The molecule has 0 bridgehead atoms.